The summed E-state index contributed by atoms with van der Waals surface area (Å²) in [6, 6.07) is 4.05. The number of imidazole rings is 1. The van der Waals surface area contributed by atoms with E-state index in [0.29, 0.717) is 11.5 Å². The maximum absolute atomic E-state index is 12.7. The quantitative estimate of drug-likeness (QED) is 0.804. The molecule has 0 aliphatic carbocycles. The Balaban J connectivity index is 1.89. The number of aromatic nitrogens is 4. The molecule has 2 aromatic heterocycles. The lowest BCUT2D eigenvalue weighted by Crippen LogP contribution is -2.36. The molecule has 0 saturated carbocycles. The molecule has 24 heavy (non-hydrogen) atoms. The summed E-state index contributed by atoms with van der Waals surface area (Å²) in [5, 5.41) is 0. The van der Waals surface area contributed by atoms with Crippen molar-refractivity contribution in [1.82, 2.24) is 19.9 Å². The molecule has 0 spiro atoms. The smallest absolute Gasteiger partial charge is 0.237 e. The highest BCUT2D eigenvalue weighted by molar-refractivity contribution is 6.09. The van der Waals surface area contributed by atoms with E-state index in [9.17, 15) is 4.79 Å². The van der Waals surface area contributed by atoms with Crippen LogP contribution in [0.5, 0.6) is 0 Å². The predicted octanol–water partition coefficient (Wildman–Crippen LogP) is 3.05. The van der Waals surface area contributed by atoms with Gasteiger partial charge in [0.15, 0.2) is 5.82 Å². The van der Waals surface area contributed by atoms with Crippen molar-refractivity contribution in [2.24, 2.45) is 0 Å². The molecular formula is C18H19N5O. The van der Waals surface area contributed by atoms with Crippen LogP contribution in [-0.4, -0.2) is 32.4 Å². The van der Waals surface area contributed by atoms with Gasteiger partial charge in [0.05, 0.1) is 28.3 Å². The van der Waals surface area contributed by atoms with Gasteiger partial charge >= 0.3 is 0 Å². The van der Waals surface area contributed by atoms with Gasteiger partial charge < -0.3 is 9.88 Å². The Kier molecular flexibility index (Phi) is 3.16. The second-order valence-electron chi connectivity index (χ2n) is 6.64. The van der Waals surface area contributed by atoms with Gasteiger partial charge in [-0.2, -0.15) is 0 Å². The Morgan fingerprint density at radius 1 is 1.25 bits per heavy atom. The maximum Gasteiger partial charge on any atom is 0.237 e. The van der Waals surface area contributed by atoms with Crippen molar-refractivity contribution in [2.75, 3.05) is 11.4 Å². The number of anilines is 1. The number of nitrogens with zero attached hydrogens (tertiary/aromatic N) is 4. The van der Waals surface area contributed by atoms with Crippen LogP contribution in [0.25, 0.3) is 22.6 Å². The Labute approximate surface area is 140 Å². The zero-order chi connectivity index (χ0) is 16.9. The topological polar surface area (TPSA) is 74.8 Å². The van der Waals surface area contributed by atoms with Crippen molar-refractivity contribution < 1.29 is 4.79 Å². The molecule has 0 atom stereocenters. The zero-order valence-electron chi connectivity index (χ0n) is 14.0. The largest absolute Gasteiger partial charge is 0.337 e. The molecule has 3 heterocycles. The fourth-order valence-corrected chi connectivity index (χ4v) is 3.32. The van der Waals surface area contributed by atoms with Gasteiger partial charge in [-0.3, -0.25) is 9.78 Å². The summed E-state index contributed by atoms with van der Waals surface area (Å²) in [7, 11) is 0. The van der Waals surface area contributed by atoms with Crippen molar-refractivity contribution in [3.05, 3.63) is 36.3 Å². The summed E-state index contributed by atoms with van der Waals surface area (Å²) < 4.78 is 0. The molecular weight excluding hydrogens is 302 g/mol. The van der Waals surface area contributed by atoms with Gasteiger partial charge in [-0.15, -0.1) is 0 Å². The van der Waals surface area contributed by atoms with E-state index in [-0.39, 0.29) is 5.91 Å². The van der Waals surface area contributed by atoms with Crippen molar-refractivity contribution in [1.29, 1.82) is 0 Å². The molecule has 0 saturated heterocycles. The molecule has 3 aromatic rings. The minimum absolute atomic E-state index is 0.154. The Morgan fingerprint density at radius 3 is 2.79 bits per heavy atom. The van der Waals surface area contributed by atoms with E-state index in [1.54, 1.807) is 18.6 Å². The number of carbonyl (C=O) groups excluding carboxylic acids is 1. The Hall–Kier alpha value is -2.76. The fourth-order valence-electron chi connectivity index (χ4n) is 3.32. The second-order valence-corrected chi connectivity index (χ2v) is 6.64. The van der Waals surface area contributed by atoms with E-state index in [1.807, 2.05) is 30.9 Å². The first kappa shape index (κ1) is 14.8. The number of carbonyl (C=O) groups is 1. The third-order valence-corrected chi connectivity index (χ3v) is 4.60. The third-order valence-electron chi connectivity index (χ3n) is 4.60. The average Bonchev–Trinajstić information content (AvgIpc) is 3.08. The highest BCUT2D eigenvalue weighted by Gasteiger charge is 2.43. The minimum Gasteiger partial charge on any atom is -0.337 e. The molecule has 1 aromatic carbocycles. The summed E-state index contributed by atoms with van der Waals surface area (Å²) in [5.41, 5.74) is 3.94. The van der Waals surface area contributed by atoms with E-state index in [1.165, 1.54) is 0 Å². The van der Waals surface area contributed by atoms with Crippen LogP contribution in [0.4, 0.5) is 5.69 Å². The number of H-pyrrole nitrogens is 1. The van der Waals surface area contributed by atoms with Crippen LogP contribution in [0, 0.1) is 0 Å². The molecule has 1 aliphatic heterocycles. The molecule has 0 fully saturated rings. The third kappa shape index (κ3) is 2.02. The van der Waals surface area contributed by atoms with Crippen molar-refractivity contribution in [3.8, 4) is 11.5 Å². The number of nitrogens with one attached hydrogen (secondary N) is 1. The van der Waals surface area contributed by atoms with Gasteiger partial charge in [0, 0.05) is 18.9 Å². The van der Waals surface area contributed by atoms with Crippen molar-refractivity contribution >= 4 is 22.6 Å². The highest BCUT2D eigenvalue weighted by Crippen LogP contribution is 2.43. The number of hydrogen-bond donors (Lipinski definition) is 1. The number of fused-ring (bicyclic) bond motifs is 2. The van der Waals surface area contributed by atoms with Crippen molar-refractivity contribution in [2.45, 2.75) is 32.6 Å². The first-order valence-electron chi connectivity index (χ1n) is 8.15. The molecule has 0 bridgehead atoms. The van der Waals surface area contributed by atoms with Gasteiger partial charge in [0.25, 0.3) is 0 Å². The average molecular weight is 321 g/mol. The summed E-state index contributed by atoms with van der Waals surface area (Å²) in [5.74, 6) is 0.842. The van der Waals surface area contributed by atoms with Crippen molar-refractivity contribution in [3.63, 3.8) is 0 Å². The zero-order valence-corrected chi connectivity index (χ0v) is 14.0. The molecule has 1 N–H and O–H groups in total. The van der Waals surface area contributed by atoms with Gasteiger partial charge in [-0.25, -0.2) is 9.97 Å². The van der Waals surface area contributed by atoms with Gasteiger partial charge in [-0.1, -0.05) is 6.92 Å². The summed E-state index contributed by atoms with van der Waals surface area (Å²) in [6.07, 6.45) is 5.89. The van der Waals surface area contributed by atoms with Crippen LogP contribution < -0.4 is 4.90 Å². The molecule has 6 nitrogen and oxygen atoms in total. The van der Waals surface area contributed by atoms with Gasteiger partial charge in [0.1, 0.15) is 5.69 Å². The van der Waals surface area contributed by atoms with Crippen LogP contribution in [-0.2, 0) is 10.2 Å². The molecule has 0 radical (unpaired) electrons. The van der Waals surface area contributed by atoms with Gasteiger partial charge in [0.2, 0.25) is 5.91 Å². The van der Waals surface area contributed by atoms with E-state index in [4.69, 9.17) is 0 Å². The van der Waals surface area contributed by atoms with Gasteiger partial charge in [-0.05, 0) is 38.0 Å². The highest BCUT2D eigenvalue weighted by atomic mass is 16.2. The normalized spacial score (nSPS) is 16.0. The molecule has 1 aliphatic rings. The van der Waals surface area contributed by atoms with E-state index in [2.05, 4.69) is 26.9 Å². The fraction of sp³-hybridized carbons (Fsp3) is 0.333. The number of hydrogen-bond acceptors (Lipinski definition) is 4. The molecule has 4 rings (SSSR count). The van der Waals surface area contributed by atoms with Crippen LogP contribution in [0.1, 0.15) is 32.8 Å². The van der Waals surface area contributed by atoms with Crippen LogP contribution in [0.3, 0.4) is 0 Å². The first-order chi connectivity index (χ1) is 11.5. The lowest BCUT2D eigenvalue weighted by atomic mass is 9.86. The Bertz CT molecular complexity index is 929. The Morgan fingerprint density at radius 2 is 2.08 bits per heavy atom. The predicted molar refractivity (Wildman–Crippen MR) is 92.8 cm³/mol. The molecule has 0 unspecified atom stereocenters. The SMILES string of the molecule is CCCN1C(=O)C(C)(C)c2cc3[nH]c(-c4cnccn4)nc3cc21. The van der Waals surface area contributed by atoms with Crippen LogP contribution >= 0.6 is 0 Å². The monoisotopic (exact) mass is 321 g/mol. The lowest BCUT2D eigenvalue weighted by Gasteiger charge is -2.19. The lowest BCUT2D eigenvalue weighted by molar-refractivity contribution is -0.122. The van der Waals surface area contributed by atoms with E-state index in [0.717, 1.165) is 35.2 Å². The maximum atomic E-state index is 12.7. The van der Waals surface area contributed by atoms with E-state index >= 15 is 0 Å². The van der Waals surface area contributed by atoms with Crippen LogP contribution in [0.2, 0.25) is 0 Å². The molecule has 6 heteroatoms. The van der Waals surface area contributed by atoms with Crippen LogP contribution in [0.15, 0.2) is 30.7 Å². The summed E-state index contributed by atoms with van der Waals surface area (Å²) in [4.78, 5) is 30.9. The minimum atomic E-state index is -0.517. The van der Waals surface area contributed by atoms with E-state index < -0.39 is 5.41 Å². The first-order valence-corrected chi connectivity index (χ1v) is 8.15. The number of rotatable bonds is 3. The standard InChI is InChI=1S/C18H19N5O/c1-4-7-23-15-9-13-12(8-11(15)18(2,3)17(23)24)21-16(22-13)14-10-19-5-6-20-14/h5-6,8-10H,4,7H2,1-3H3,(H,21,22). The summed E-state index contributed by atoms with van der Waals surface area (Å²) >= 11 is 0. The number of amides is 1. The number of aromatic amines is 1. The number of benzene rings is 1. The second kappa shape index (κ2) is 5.12. The summed E-state index contributed by atoms with van der Waals surface area (Å²) in [6.45, 7) is 6.77. The molecule has 122 valence electrons. The molecule has 1 amide bonds.